The van der Waals surface area contributed by atoms with Gasteiger partial charge in [-0.15, -0.1) is 0 Å². The van der Waals surface area contributed by atoms with Gasteiger partial charge in [0.1, 0.15) is 0 Å². The number of aromatic nitrogens is 3. The molecule has 150 valence electrons. The van der Waals surface area contributed by atoms with Crippen molar-refractivity contribution in [3.8, 4) is 11.3 Å². The van der Waals surface area contributed by atoms with Crippen molar-refractivity contribution in [2.24, 2.45) is 0 Å². The van der Waals surface area contributed by atoms with Gasteiger partial charge in [-0.1, -0.05) is 0 Å². The molecule has 2 aromatic heterocycles. The minimum absolute atomic E-state index is 0.0550. The summed E-state index contributed by atoms with van der Waals surface area (Å²) in [5, 5.41) is 18.7. The maximum absolute atomic E-state index is 12.4. The lowest BCUT2D eigenvalue weighted by Gasteiger charge is -2.35. The topological polar surface area (TPSA) is 89.3 Å². The first-order valence-electron chi connectivity index (χ1n) is 10.2. The average molecular weight is 384 g/mol. The Morgan fingerprint density at radius 2 is 1.96 bits per heavy atom. The van der Waals surface area contributed by atoms with Crippen LogP contribution in [0.2, 0.25) is 0 Å². The van der Waals surface area contributed by atoms with Gasteiger partial charge in [0.25, 0.3) is 5.56 Å². The number of pyridine rings is 1. The van der Waals surface area contributed by atoms with Crippen molar-refractivity contribution in [2.75, 3.05) is 19.8 Å². The summed E-state index contributed by atoms with van der Waals surface area (Å²) in [6.07, 6.45) is 8.63. The van der Waals surface area contributed by atoms with Gasteiger partial charge in [0.05, 0.1) is 17.3 Å². The number of hydrogen-bond donors (Lipinski definition) is 2. The molecule has 0 amide bonds. The molecule has 0 unspecified atom stereocenters. The van der Waals surface area contributed by atoms with Gasteiger partial charge in [-0.3, -0.25) is 9.78 Å². The zero-order valence-electron chi connectivity index (χ0n) is 16.1. The van der Waals surface area contributed by atoms with Crippen LogP contribution in [0.3, 0.4) is 0 Å². The molecule has 2 aromatic rings. The number of nitrogens with zero attached hydrogens (tertiary/aromatic N) is 3. The van der Waals surface area contributed by atoms with E-state index in [0.29, 0.717) is 38.6 Å². The Bertz CT molecular complexity index is 825. The number of rotatable bonds is 5. The van der Waals surface area contributed by atoms with Crippen LogP contribution < -0.4 is 10.9 Å². The minimum atomic E-state index is -0.647. The van der Waals surface area contributed by atoms with E-state index in [0.717, 1.165) is 36.9 Å². The maximum Gasteiger partial charge on any atom is 0.267 e. The highest BCUT2D eigenvalue weighted by Crippen LogP contribution is 2.28. The summed E-state index contributed by atoms with van der Waals surface area (Å²) in [6.45, 7) is 1.87. The standard InChI is InChI=1S/C21H28N4O3/c26-20-8-7-19(16-2-1-11-22-14-16)24-25(20)18-5-3-17(4-6-18)23-15-21(27)9-12-28-13-10-21/h1-2,7-8,11,14,17-18,23,27H,3-6,9-10,12-13,15H2. The monoisotopic (exact) mass is 384 g/mol. The third-order valence-corrected chi connectivity index (χ3v) is 5.97. The van der Waals surface area contributed by atoms with E-state index in [1.54, 1.807) is 29.2 Å². The van der Waals surface area contributed by atoms with Crippen LogP contribution in [0.25, 0.3) is 11.3 Å². The smallest absolute Gasteiger partial charge is 0.267 e. The van der Waals surface area contributed by atoms with Crippen molar-refractivity contribution < 1.29 is 9.84 Å². The first-order valence-corrected chi connectivity index (χ1v) is 10.2. The second-order valence-electron chi connectivity index (χ2n) is 7.97. The van der Waals surface area contributed by atoms with Crippen LogP contribution in [-0.4, -0.2) is 51.3 Å². The van der Waals surface area contributed by atoms with E-state index < -0.39 is 5.60 Å². The van der Waals surface area contributed by atoms with E-state index in [1.165, 1.54) is 0 Å². The molecule has 2 N–H and O–H groups in total. The zero-order valence-corrected chi connectivity index (χ0v) is 16.1. The normalized spacial score (nSPS) is 24.8. The van der Waals surface area contributed by atoms with Gasteiger partial charge in [-0.05, 0) is 43.9 Å². The van der Waals surface area contributed by atoms with Gasteiger partial charge in [0, 0.05) is 62.7 Å². The number of ether oxygens (including phenoxy) is 1. The third kappa shape index (κ3) is 4.48. The van der Waals surface area contributed by atoms with E-state index in [-0.39, 0.29) is 11.6 Å². The first-order chi connectivity index (χ1) is 13.6. The maximum atomic E-state index is 12.4. The van der Waals surface area contributed by atoms with E-state index in [9.17, 15) is 9.90 Å². The molecule has 0 spiro atoms. The van der Waals surface area contributed by atoms with Gasteiger partial charge in [-0.2, -0.15) is 5.10 Å². The first kappa shape index (κ1) is 19.2. The predicted octanol–water partition coefficient (Wildman–Crippen LogP) is 1.92. The van der Waals surface area contributed by atoms with Crippen LogP contribution in [0.4, 0.5) is 0 Å². The van der Waals surface area contributed by atoms with Gasteiger partial charge in [-0.25, -0.2) is 4.68 Å². The predicted molar refractivity (Wildman–Crippen MR) is 106 cm³/mol. The fraction of sp³-hybridized carbons (Fsp3) is 0.571. The van der Waals surface area contributed by atoms with Crippen LogP contribution in [0.5, 0.6) is 0 Å². The van der Waals surface area contributed by atoms with Gasteiger partial charge in [0.15, 0.2) is 0 Å². The highest BCUT2D eigenvalue weighted by Gasteiger charge is 2.31. The lowest BCUT2D eigenvalue weighted by Crippen LogP contribution is -2.48. The van der Waals surface area contributed by atoms with Crippen LogP contribution in [0, 0.1) is 0 Å². The Kier molecular flexibility index (Phi) is 5.85. The minimum Gasteiger partial charge on any atom is -0.388 e. The zero-order chi connectivity index (χ0) is 19.4. The molecule has 1 aliphatic carbocycles. The van der Waals surface area contributed by atoms with E-state index in [4.69, 9.17) is 4.74 Å². The fourth-order valence-corrected chi connectivity index (χ4v) is 4.14. The number of hydrogen-bond acceptors (Lipinski definition) is 6. The molecule has 2 aliphatic rings. The van der Waals surface area contributed by atoms with Crippen molar-refractivity contribution >= 4 is 0 Å². The molecule has 0 bridgehead atoms. The highest BCUT2D eigenvalue weighted by molar-refractivity contribution is 5.56. The van der Waals surface area contributed by atoms with Crippen LogP contribution >= 0.6 is 0 Å². The van der Waals surface area contributed by atoms with Gasteiger partial charge in [0.2, 0.25) is 0 Å². The molecule has 1 aliphatic heterocycles. The van der Waals surface area contributed by atoms with Crippen molar-refractivity contribution in [2.45, 2.75) is 56.2 Å². The molecule has 3 heterocycles. The molecular weight excluding hydrogens is 356 g/mol. The summed E-state index contributed by atoms with van der Waals surface area (Å²) < 4.78 is 6.98. The van der Waals surface area contributed by atoms with E-state index >= 15 is 0 Å². The van der Waals surface area contributed by atoms with Crippen LogP contribution in [0.1, 0.15) is 44.6 Å². The third-order valence-electron chi connectivity index (χ3n) is 5.97. The molecular formula is C21H28N4O3. The molecule has 1 saturated heterocycles. The van der Waals surface area contributed by atoms with Crippen molar-refractivity contribution in [3.63, 3.8) is 0 Å². The number of aliphatic hydroxyl groups is 1. The molecule has 1 saturated carbocycles. The molecule has 28 heavy (non-hydrogen) atoms. The number of nitrogens with one attached hydrogen (secondary N) is 1. The quantitative estimate of drug-likeness (QED) is 0.819. The summed E-state index contributed by atoms with van der Waals surface area (Å²) in [4.78, 5) is 16.5. The molecule has 2 fully saturated rings. The summed E-state index contributed by atoms with van der Waals surface area (Å²) in [6, 6.07) is 7.67. The Hall–Kier alpha value is -2.09. The summed E-state index contributed by atoms with van der Waals surface area (Å²) in [5.74, 6) is 0. The lowest BCUT2D eigenvalue weighted by atomic mass is 9.89. The summed E-state index contributed by atoms with van der Waals surface area (Å²) >= 11 is 0. The fourth-order valence-electron chi connectivity index (χ4n) is 4.14. The molecule has 0 aromatic carbocycles. The van der Waals surface area contributed by atoms with Crippen molar-refractivity contribution in [1.82, 2.24) is 20.1 Å². The molecule has 7 heteroatoms. The van der Waals surface area contributed by atoms with Crippen LogP contribution in [0.15, 0.2) is 41.5 Å². The Morgan fingerprint density at radius 3 is 2.68 bits per heavy atom. The van der Waals surface area contributed by atoms with Gasteiger partial charge >= 0.3 is 0 Å². The SMILES string of the molecule is O=c1ccc(-c2cccnc2)nn1C1CCC(NCC2(O)CCOCC2)CC1. The summed E-state index contributed by atoms with van der Waals surface area (Å²) in [7, 11) is 0. The second kappa shape index (κ2) is 8.51. The molecule has 0 atom stereocenters. The second-order valence-corrected chi connectivity index (χ2v) is 7.97. The Morgan fingerprint density at radius 1 is 1.18 bits per heavy atom. The average Bonchev–Trinajstić information content (AvgIpc) is 2.74. The van der Waals surface area contributed by atoms with E-state index in [1.807, 2.05) is 12.1 Å². The summed E-state index contributed by atoms with van der Waals surface area (Å²) in [5.41, 5.74) is 0.984. The Labute approximate surface area is 164 Å². The molecule has 0 radical (unpaired) electrons. The molecule has 7 nitrogen and oxygen atoms in total. The van der Waals surface area contributed by atoms with Crippen molar-refractivity contribution in [1.29, 1.82) is 0 Å². The van der Waals surface area contributed by atoms with Crippen molar-refractivity contribution in [3.05, 3.63) is 47.0 Å². The highest BCUT2D eigenvalue weighted by atomic mass is 16.5. The Balaban J connectivity index is 1.36. The lowest BCUT2D eigenvalue weighted by molar-refractivity contribution is -0.0633. The molecule has 4 rings (SSSR count). The van der Waals surface area contributed by atoms with E-state index in [2.05, 4.69) is 15.4 Å². The van der Waals surface area contributed by atoms with Crippen LogP contribution in [-0.2, 0) is 4.74 Å². The van der Waals surface area contributed by atoms with Gasteiger partial charge < -0.3 is 15.2 Å². The largest absolute Gasteiger partial charge is 0.388 e.